The van der Waals surface area contributed by atoms with Gasteiger partial charge in [0.25, 0.3) is 0 Å². The number of nitrogens with one attached hydrogen (secondary N) is 1. The lowest BCUT2D eigenvalue weighted by Crippen LogP contribution is -2.40. The molecule has 1 saturated heterocycles. The summed E-state index contributed by atoms with van der Waals surface area (Å²) in [5, 5.41) is 2.95. The lowest BCUT2D eigenvalue weighted by molar-refractivity contribution is -0.124. The van der Waals surface area contributed by atoms with Gasteiger partial charge in [-0.1, -0.05) is 0 Å². The van der Waals surface area contributed by atoms with Crippen LogP contribution >= 0.6 is 0 Å². The molecule has 0 aromatic rings. The third-order valence-corrected chi connectivity index (χ3v) is 3.93. The largest absolute Gasteiger partial charge is 0.501 e. The van der Waals surface area contributed by atoms with Crippen molar-refractivity contribution in [1.29, 1.82) is 0 Å². The van der Waals surface area contributed by atoms with Gasteiger partial charge < -0.3 is 19.5 Å². The molecule has 1 fully saturated rings. The second-order valence-corrected chi connectivity index (χ2v) is 5.52. The molecule has 130 valence electrons. The SMILES string of the molecule is CO/C(C)=C(/C=C(\C=C(/C)OC)NC(=O)[C@@H]1CCCN1C)OC. The number of hydrogen-bond acceptors (Lipinski definition) is 5. The summed E-state index contributed by atoms with van der Waals surface area (Å²) in [6.45, 7) is 4.56. The van der Waals surface area contributed by atoms with Crippen LogP contribution in [0.15, 0.2) is 35.1 Å². The van der Waals surface area contributed by atoms with E-state index in [1.165, 1.54) is 0 Å². The van der Waals surface area contributed by atoms with Gasteiger partial charge >= 0.3 is 0 Å². The maximum absolute atomic E-state index is 12.5. The molecule has 1 rings (SSSR count). The molecule has 1 aliphatic heterocycles. The Labute approximate surface area is 138 Å². The standard InChI is InChI=1S/C17H28N2O4/c1-12(21-4)10-14(11-16(23-6)13(2)22-5)18-17(20)15-8-7-9-19(15)3/h10-11,15H,7-9H2,1-6H3,(H,18,20)/b12-10+,14-11+,16-13-/t15-/m0/s1. The number of allylic oxidation sites excluding steroid dienone is 4. The highest BCUT2D eigenvalue weighted by Gasteiger charge is 2.27. The van der Waals surface area contributed by atoms with Crippen LogP contribution in [0.2, 0.25) is 0 Å². The van der Waals surface area contributed by atoms with Crippen molar-refractivity contribution in [3.05, 3.63) is 35.1 Å². The number of likely N-dealkylation sites (N-methyl/N-ethyl adjacent to an activating group) is 1. The monoisotopic (exact) mass is 324 g/mol. The maximum atomic E-state index is 12.5. The number of rotatable bonds is 7. The summed E-state index contributed by atoms with van der Waals surface area (Å²) in [7, 11) is 6.69. The fraction of sp³-hybridized carbons (Fsp3) is 0.588. The lowest BCUT2D eigenvalue weighted by atomic mass is 10.2. The third-order valence-electron chi connectivity index (χ3n) is 3.93. The first kappa shape index (κ1) is 19.1. The van der Waals surface area contributed by atoms with E-state index in [2.05, 4.69) is 10.2 Å². The van der Waals surface area contributed by atoms with Gasteiger partial charge in [0, 0.05) is 11.8 Å². The molecule has 0 aliphatic carbocycles. The van der Waals surface area contributed by atoms with E-state index < -0.39 is 0 Å². The second-order valence-electron chi connectivity index (χ2n) is 5.52. The van der Waals surface area contributed by atoms with Gasteiger partial charge in [-0.3, -0.25) is 9.69 Å². The molecule has 0 radical (unpaired) electrons. The highest BCUT2D eigenvalue weighted by molar-refractivity contribution is 5.84. The highest BCUT2D eigenvalue weighted by atomic mass is 16.5. The topological polar surface area (TPSA) is 60.0 Å². The molecule has 6 nitrogen and oxygen atoms in total. The van der Waals surface area contributed by atoms with Gasteiger partial charge in [-0.25, -0.2) is 0 Å². The van der Waals surface area contributed by atoms with Gasteiger partial charge in [0.15, 0.2) is 5.76 Å². The Kier molecular flexibility index (Phi) is 7.68. The number of nitrogens with zero attached hydrogens (tertiary/aromatic N) is 1. The Hall–Kier alpha value is -1.95. The Bertz CT molecular complexity index is 509. The fourth-order valence-electron chi connectivity index (χ4n) is 2.40. The molecule has 0 bridgehead atoms. The van der Waals surface area contributed by atoms with E-state index >= 15 is 0 Å². The van der Waals surface area contributed by atoms with Crippen LogP contribution in [0.5, 0.6) is 0 Å². The van der Waals surface area contributed by atoms with Gasteiger partial charge in [-0.05, 0) is 46.4 Å². The molecule has 0 spiro atoms. The van der Waals surface area contributed by atoms with Crippen molar-refractivity contribution < 1.29 is 19.0 Å². The van der Waals surface area contributed by atoms with E-state index in [1.54, 1.807) is 40.4 Å². The fourth-order valence-corrected chi connectivity index (χ4v) is 2.40. The van der Waals surface area contributed by atoms with Crippen molar-refractivity contribution in [1.82, 2.24) is 10.2 Å². The first-order chi connectivity index (χ1) is 10.9. The van der Waals surface area contributed by atoms with E-state index in [1.807, 2.05) is 14.0 Å². The molecule has 0 aromatic heterocycles. The van der Waals surface area contributed by atoms with Crippen LogP contribution in [-0.2, 0) is 19.0 Å². The molecular formula is C17H28N2O4. The van der Waals surface area contributed by atoms with Gasteiger partial charge in [0.05, 0.1) is 33.1 Å². The maximum Gasteiger partial charge on any atom is 0.241 e. The van der Waals surface area contributed by atoms with E-state index in [-0.39, 0.29) is 11.9 Å². The molecule has 0 unspecified atom stereocenters. The number of ether oxygens (including phenoxy) is 3. The van der Waals surface area contributed by atoms with Crippen molar-refractivity contribution in [2.24, 2.45) is 0 Å². The molecule has 1 amide bonds. The van der Waals surface area contributed by atoms with E-state index in [9.17, 15) is 4.79 Å². The summed E-state index contributed by atoms with van der Waals surface area (Å²) in [4.78, 5) is 14.6. The molecule has 1 atom stereocenters. The molecule has 1 heterocycles. The number of carbonyl (C=O) groups excluding carboxylic acids is 1. The summed E-state index contributed by atoms with van der Waals surface area (Å²) in [5.74, 6) is 1.83. The van der Waals surface area contributed by atoms with Gasteiger partial charge in [-0.2, -0.15) is 0 Å². The smallest absolute Gasteiger partial charge is 0.241 e. The molecule has 0 saturated carbocycles. The lowest BCUT2D eigenvalue weighted by Gasteiger charge is -2.19. The highest BCUT2D eigenvalue weighted by Crippen LogP contribution is 2.16. The van der Waals surface area contributed by atoms with Crippen molar-refractivity contribution in [3.8, 4) is 0 Å². The van der Waals surface area contributed by atoms with E-state index in [4.69, 9.17) is 14.2 Å². The van der Waals surface area contributed by atoms with Crippen LogP contribution in [0.4, 0.5) is 0 Å². The van der Waals surface area contributed by atoms with Gasteiger partial charge in [0.2, 0.25) is 5.91 Å². The molecular weight excluding hydrogens is 296 g/mol. The van der Waals surface area contributed by atoms with E-state index in [0.29, 0.717) is 23.0 Å². The van der Waals surface area contributed by atoms with Crippen molar-refractivity contribution >= 4 is 5.91 Å². The number of hydrogen-bond donors (Lipinski definition) is 1. The molecule has 23 heavy (non-hydrogen) atoms. The first-order valence-electron chi connectivity index (χ1n) is 7.66. The Morgan fingerprint density at radius 3 is 2.30 bits per heavy atom. The number of methoxy groups -OCH3 is 3. The zero-order valence-electron chi connectivity index (χ0n) is 14.9. The molecule has 6 heteroatoms. The minimum atomic E-state index is -0.104. The van der Waals surface area contributed by atoms with Crippen LogP contribution in [-0.4, -0.2) is 51.8 Å². The average Bonchev–Trinajstić information content (AvgIpc) is 2.97. The minimum Gasteiger partial charge on any atom is -0.501 e. The van der Waals surface area contributed by atoms with Crippen LogP contribution in [0.25, 0.3) is 0 Å². The number of carbonyl (C=O) groups is 1. The first-order valence-corrected chi connectivity index (χ1v) is 7.66. The van der Waals surface area contributed by atoms with Crippen LogP contribution in [0, 0.1) is 0 Å². The molecule has 0 aromatic carbocycles. The summed E-state index contributed by atoms with van der Waals surface area (Å²) >= 11 is 0. The Morgan fingerprint density at radius 1 is 1.13 bits per heavy atom. The second kappa shape index (κ2) is 9.25. The van der Waals surface area contributed by atoms with Crippen molar-refractivity contribution in [2.45, 2.75) is 32.7 Å². The summed E-state index contributed by atoms with van der Waals surface area (Å²) in [5.41, 5.74) is 0.600. The summed E-state index contributed by atoms with van der Waals surface area (Å²) < 4.78 is 15.7. The van der Waals surface area contributed by atoms with Crippen LogP contribution in [0.1, 0.15) is 26.7 Å². The van der Waals surface area contributed by atoms with Gasteiger partial charge in [-0.15, -0.1) is 0 Å². The normalized spacial score (nSPS) is 20.9. The third kappa shape index (κ3) is 5.63. The van der Waals surface area contributed by atoms with E-state index in [0.717, 1.165) is 19.4 Å². The van der Waals surface area contributed by atoms with Crippen LogP contribution in [0.3, 0.4) is 0 Å². The van der Waals surface area contributed by atoms with Crippen molar-refractivity contribution in [2.75, 3.05) is 34.9 Å². The minimum absolute atomic E-state index is 0.0260. The molecule has 1 aliphatic rings. The summed E-state index contributed by atoms with van der Waals surface area (Å²) in [6, 6.07) is -0.104. The number of likely N-dealkylation sites (tertiary alicyclic amines) is 1. The van der Waals surface area contributed by atoms with Gasteiger partial charge in [0.1, 0.15) is 5.76 Å². The van der Waals surface area contributed by atoms with Crippen LogP contribution < -0.4 is 5.32 Å². The number of amides is 1. The predicted molar refractivity (Wildman–Crippen MR) is 89.4 cm³/mol. The Morgan fingerprint density at radius 2 is 1.83 bits per heavy atom. The Balaban J connectivity index is 3.03. The average molecular weight is 324 g/mol. The zero-order chi connectivity index (χ0) is 17.4. The summed E-state index contributed by atoms with van der Waals surface area (Å²) in [6.07, 6.45) is 5.39. The van der Waals surface area contributed by atoms with Crippen molar-refractivity contribution in [3.63, 3.8) is 0 Å². The quantitative estimate of drug-likeness (QED) is 0.574. The predicted octanol–water partition coefficient (Wildman–Crippen LogP) is 2.16. The zero-order valence-corrected chi connectivity index (χ0v) is 14.9. The molecule has 1 N–H and O–H groups in total.